The molecule has 7 heteroatoms. The highest BCUT2D eigenvalue weighted by Crippen LogP contribution is 2.32. The van der Waals surface area contributed by atoms with Crippen LogP contribution in [0.2, 0.25) is 5.02 Å². The van der Waals surface area contributed by atoms with E-state index >= 15 is 0 Å². The average Bonchev–Trinajstić information content (AvgIpc) is 3.17. The molecule has 0 spiro atoms. The van der Waals surface area contributed by atoms with Gasteiger partial charge in [-0.1, -0.05) is 48.0 Å². The monoisotopic (exact) mass is 558 g/mol. The Labute approximate surface area is 242 Å². The molecule has 3 aliphatic heterocycles. The van der Waals surface area contributed by atoms with Gasteiger partial charge < -0.3 is 15.4 Å². The van der Waals surface area contributed by atoms with E-state index in [-0.39, 0.29) is 5.91 Å². The molecule has 1 amide bonds. The number of nitrogens with one attached hydrogen (secondary N) is 2. The fraction of sp³-hybridized carbons (Fsp3) is 0.424. The van der Waals surface area contributed by atoms with Gasteiger partial charge in [0.15, 0.2) is 0 Å². The van der Waals surface area contributed by atoms with Crippen LogP contribution in [0.1, 0.15) is 36.0 Å². The predicted molar refractivity (Wildman–Crippen MR) is 162 cm³/mol. The van der Waals surface area contributed by atoms with Crippen LogP contribution in [0.25, 0.3) is 0 Å². The minimum atomic E-state index is 0.0875. The molecule has 6 rings (SSSR count). The number of rotatable bonds is 7. The molecule has 0 bridgehead atoms. The van der Waals surface area contributed by atoms with E-state index in [1.807, 2.05) is 18.2 Å². The summed E-state index contributed by atoms with van der Waals surface area (Å²) in [5.41, 5.74) is 6.99. The Hall–Kier alpha value is -2.90. The molecular formula is C33H39ClN4O2. The molecule has 40 heavy (non-hydrogen) atoms. The molecule has 210 valence electrons. The number of anilines is 3. The lowest BCUT2D eigenvalue weighted by Crippen LogP contribution is -2.53. The van der Waals surface area contributed by atoms with E-state index in [9.17, 15) is 4.79 Å². The number of likely N-dealkylation sites (tertiary alicyclic amines) is 1. The van der Waals surface area contributed by atoms with Gasteiger partial charge in [0.05, 0.1) is 13.2 Å². The molecule has 3 aromatic rings. The first-order valence-corrected chi connectivity index (χ1v) is 15.0. The third-order valence-electron chi connectivity index (χ3n) is 8.70. The average molecular weight is 559 g/mol. The standard InChI is InChI=1S/C33H39ClN4O2/c34-28-11-5-24(6-12-28)22-37-16-15-32(38-17-19-40-20-18-38)27(23-37)10-14-33(39)35-29-13-9-26-8-7-25-3-1-2-4-30(25)36-31(26)21-29/h1-6,9,11-13,21,27,32,36H,7-8,10,14-20,22-23H2,(H,35,39)/t27-,32+/m1/s1. The van der Waals surface area contributed by atoms with Gasteiger partial charge in [-0.3, -0.25) is 14.6 Å². The normalized spacial score (nSPS) is 21.5. The van der Waals surface area contributed by atoms with E-state index in [4.69, 9.17) is 16.3 Å². The van der Waals surface area contributed by atoms with Crippen molar-refractivity contribution in [1.82, 2.24) is 9.80 Å². The molecular weight excluding hydrogens is 520 g/mol. The highest BCUT2D eigenvalue weighted by atomic mass is 35.5. The summed E-state index contributed by atoms with van der Waals surface area (Å²) in [6.45, 7) is 6.55. The molecule has 0 aromatic heterocycles. The third-order valence-corrected chi connectivity index (χ3v) is 8.95. The first kappa shape index (κ1) is 27.3. The quantitative estimate of drug-likeness (QED) is 0.366. The second-order valence-electron chi connectivity index (χ2n) is 11.4. The molecule has 3 aromatic carbocycles. The number of amides is 1. The first-order valence-electron chi connectivity index (χ1n) is 14.7. The number of halogens is 1. The van der Waals surface area contributed by atoms with Gasteiger partial charge >= 0.3 is 0 Å². The topological polar surface area (TPSA) is 56.8 Å². The smallest absolute Gasteiger partial charge is 0.224 e. The largest absolute Gasteiger partial charge is 0.379 e. The molecule has 0 saturated carbocycles. The number of hydrogen-bond acceptors (Lipinski definition) is 5. The number of carbonyl (C=O) groups excluding carboxylic acids is 1. The summed E-state index contributed by atoms with van der Waals surface area (Å²) in [5, 5.41) is 7.55. The fourth-order valence-corrected chi connectivity index (χ4v) is 6.69. The van der Waals surface area contributed by atoms with Gasteiger partial charge in [-0.15, -0.1) is 0 Å². The lowest BCUT2D eigenvalue weighted by molar-refractivity contribution is -0.116. The molecule has 0 radical (unpaired) electrons. The minimum Gasteiger partial charge on any atom is -0.379 e. The van der Waals surface area contributed by atoms with Crippen molar-refractivity contribution in [2.45, 2.75) is 44.7 Å². The highest BCUT2D eigenvalue weighted by Gasteiger charge is 2.34. The van der Waals surface area contributed by atoms with Crippen molar-refractivity contribution in [1.29, 1.82) is 0 Å². The Kier molecular flexibility index (Phi) is 8.68. The van der Waals surface area contributed by atoms with Gasteiger partial charge in [-0.25, -0.2) is 0 Å². The molecule has 2 N–H and O–H groups in total. The van der Waals surface area contributed by atoms with Crippen LogP contribution in [-0.4, -0.2) is 61.1 Å². The number of fused-ring (bicyclic) bond motifs is 2. The number of ether oxygens (including phenoxy) is 1. The molecule has 0 unspecified atom stereocenters. The lowest BCUT2D eigenvalue weighted by Gasteiger charge is -2.45. The van der Waals surface area contributed by atoms with Gasteiger partial charge in [0, 0.05) is 60.7 Å². The second kappa shape index (κ2) is 12.7. The van der Waals surface area contributed by atoms with Crippen LogP contribution in [0.15, 0.2) is 66.7 Å². The summed E-state index contributed by atoms with van der Waals surface area (Å²) in [6, 6.07) is 23.4. The summed E-state index contributed by atoms with van der Waals surface area (Å²) in [4.78, 5) is 18.3. The zero-order valence-corrected chi connectivity index (χ0v) is 23.8. The second-order valence-corrected chi connectivity index (χ2v) is 11.8. The van der Waals surface area contributed by atoms with Crippen LogP contribution in [0.4, 0.5) is 17.1 Å². The zero-order valence-electron chi connectivity index (χ0n) is 23.1. The molecule has 2 fully saturated rings. The Morgan fingerprint density at radius 3 is 2.55 bits per heavy atom. The van der Waals surface area contributed by atoms with Crippen molar-refractivity contribution in [2.24, 2.45) is 5.92 Å². The maximum atomic E-state index is 13.2. The van der Waals surface area contributed by atoms with Gasteiger partial charge in [0.25, 0.3) is 0 Å². The summed E-state index contributed by atoms with van der Waals surface area (Å²) < 4.78 is 5.63. The number of piperidine rings is 1. The van der Waals surface area contributed by atoms with Gasteiger partial charge in [0.1, 0.15) is 0 Å². The maximum absolute atomic E-state index is 13.2. The van der Waals surface area contributed by atoms with Gasteiger partial charge in [-0.2, -0.15) is 0 Å². The van der Waals surface area contributed by atoms with Crippen LogP contribution in [0.3, 0.4) is 0 Å². The Morgan fingerprint density at radius 2 is 1.73 bits per heavy atom. The number of nitrogens with zero attached hydrogens (tertiary/aromatic N) is 2. The number of morpholine rings is 1. The number of aryl methyl sites for hydroxylation is 2. The van der Waals surface area contributed by atoms with Crippen molar-refractivity contribution in [3.63, 3.8) is 0 Å². The molecule has 0 aliphatic carbocycles. The van der Waals surface area contributed by atoms with E-state index in [2.05, 4.69) is 69.0 Å². The lowest BCUT2D eigenvalue weighted by atomic mass is 9.86. The Bertz CT molecular complexity index is 1310. The number of benzene rings is 3. The van der Waals surface area contributed by atoms with Crippen LogP contribution in [0.5, 0.6) is 0 Å². The molecule has 2 saturated heterocycles. The summed E-state index contributed by atoms with van der Waals surface area (Å²) >= 11 is 6.10. The predicted octanol–water partition coefficient (Wildman–Crippen LogP) is 6.12. The van der Waals surface area contributed by atoms with Gasteiger partial charge in [-0.05, 0) is 85.2 Å². The first-order chi connectivity index (χ1) is 19.6. The molecule has 6 nitrogen and oxygen atoms in total. The molecule has 3 aliphatic rings. The third kappa shape index (κ3) is 6.69. The maximum Gasteiger partial charge on any atom is 0.224 e. The van der Waals surface area contributed by atoms with E-state index < -0.39 is 0 Å². The van der Waals surface area contributed by atoms with Gasteiger partial charge in [0.2, 0.25) is 5.91 Å². The highest BCUT2D eigenvalue weighted by molar-refractivity contribution is 6.30. The molecule has 3 heterocycles. The number of carbonyl (C=O) groups is 1. The number of hydrogen-bond donors (Lipinski definition) is 2. The van der Waals surface area contributed by atoms with Crippen molar-refractivity contribution in [3.8, 4) is 0 Å². The van der Waals surface area contributed by atoms with Crippen LogP contribution < -0.4 is 10.6 Å². The minimum absolute atomic E-state index is 0.0875. The Balaban J connectivity index is 1.09. The summed E-state index contributed by atoms with van der Waals surface area (Å²) in [6.07, 6.45) is 4.53. The van der Waals surface area contributed by atoms with E-state index in [1.165, 1.54) is 16.7 Å². The zero-order chi connectivity index (χ0) is 27.3. The molecule has 2 atom stereocenters. The van der Waals surface area contributed by atoms with Crippen molar-refractivity contribution in [2.75, 3.05) is 50.0 Å². The SMILES string of the molecule is O=C(CC[C@@H]1CN(Cc2ccc(Cl)cc2)CC[C@@H]1N1CCOCC1)Nc1ccc2c(c1)Nc1ccccc1CC2. The Morgan fingerprint density at radius 1 is 0.950 bits per heavy atom. The van der Waals surface area contributed by atoms with Crippen LogP contribution in [-0.2, 0) is 28.9 Å². The van der Waals surface area contributed by atoms with E-state index in [0.717, 1.165) is 93.7 Å². The van der Waals surface area contributed by atoms with E-state index in [1.54, 1.807) is 0 Å². The summed E-state index contributed by atoms with van der Waals surface area (Å²) in [5.74, 6) is 0.527. The fourth-order valence-electron chi connectivity index (χ4n) is 6.56. The van der Waals surface area contributed by atoms with Crippen molar-refractivity contribution in [3.05, 3.63) is 88.4 Å². The van der Waals surface area contributed by atoms with Crippen LogP contribution in [0, 0.1) is 5.92 Å². The summed E-state index contributed by atoms with van der Waals surface area (Å²) in [7, 11) is 0. The van der Waals surface area contributed by atoms with E-state index in [0.29, 0.717) is 18.4 Å². The van der Waals surface area contributed by atoms with Crippen molar-refractivity contribution < 1.29 is 9.53 Å². The van der Waals surface area contributed by atoms with Crippen LogP contribution >= 0.6 is 11.6 Å². The van der Waals surface area contributed by atoms with Crippen molar-refractivity contribution >= 4 is 34.6 Å². The number of para-hydroxylation sites is 1.